The van der Waals surface area contributed by atoms with E-state index in [1.807, 2.05) is 6.08 Å². The molecule has 0 amide bonds. The van der Waals surface area contributed by atoms with Gasteiger partial charge in [0.05, 0.1) is 14.2 Å². The highest BCUT2D eigenvalue weighted by atomic mass is 16.5. The van der Waals surface area contributed by atoms with Crippen molar-refractivity contribution in [3.63, 3.8) is 0 Å². The third-order valence-electron chi connectivity index (χ3n) is 14.6. The van der Waals surface area contributed by atoms with Gasteiger partial charge in [-0.15, -0.1) is 0 Å². The van der Waals surface area contributed by atoms with Crippen LogP contribution in [0.3, 0.4) is 0 Å². The summed E-state index contributed by atoms with van der Waals surface area (Å²) in [6, 6.07) is 0. The minimum absolute atomic E-state index is 0.0703. The molecule has 0 aromatic rings. The molecule has 4 nitrogen and oxygen atoms in total. The lowest BCUT2D eigenvalue weighted by atomic mass is 10.0. The van der Waals surface area contributed by atoms with E-state index in [2.05, 4.69) is 176 Å². The summed E-state index contributed by atoms with van der Waals surface area (Å²) in [5.41, 5.74) is 19.8. The van der Waals surface area contributed by atoms with Gasteiger partial charge in [0.25, 0.3) is 0 Å². The van der Waals surface area contributed by atoms with Crippen molar-refractivity contribution < 1.29 is 19.1 Å². The zero-order chi connectivity index (χ0) is 58.5. The predicted octanol–water partition coefficient (Wildman–Crippen LogP) is 23.3. The molecule has 0 aromatic carbocycles. The summed E-state index contributed by atoms with van der Waals surface area (Å²) in [6.45, 7) is 33.4. The number of allylic oxidation sites excluding steroid dienone is 29. The van der Waals surface area contributed by atoms with Crippen LogP contribution in [0, 0.1) is 0 Å². The van der Waals surface area contributed by atoms with E-state index >= 15 is 0 Å². The van der Waals surface area contributed by atoms with Gasteiger partial charge in [0.1, 0.15) is 0 Å². The quantitative estimate of drug-likeness (QED) is 0.0264. The maximum absolute atomic E-state index is 12.6. The minimum Gasteiger partial charge on any atom is -0.490 e. The number of hydrogen-bond acceptors (Lipinski definition) is 4. The molecule has 0 aliphatic heterocycles. The van der Waals surface area contributed by atoms with E-state index in [0.717, 1.165) is 128 Å². The molecular formula is C74H116O4. The molecule has 0 fully saturated rings. The van der Waals surface area contributed by atoms with E-state index < -0.39 is 0 Å². The van der Waals surface area contributed by atoms with Crippen molar-refractivity contribution >= 4 is 12.1 Å². The molecule has 0 aliphatic carbocycles. The molecule has 0 atom stereocenters. The smallest absolute Gasteiger partial charge is 0.226 e. The molecule has 0 rings (SSSR count). The van der Waals surface area contributed by atoms with Gasteiger partial charge in [0.2, 0.25) is 17.3 Å². The second-order valence-corrected chi connectivity index (χ2v) is 23.0. The Morgan fingerprint density at radius 1 is 0.282 bits per heavy atom. The van der Waals surface area contributed by atoms with E-state index in [1.165, 1.54) is 112 Å². The number of ketones is 1. The first-order valence-corrected chi connectivity index (χ1v) is 30.2. The molecule has 78 heavy (non-hydrogen) atoms. The fourth-order valence-electron chi connectivity index (χ4n) is 9.03. The zero-order valence-electron chi connectivity index (χ0n) is 53.5. The lowest BCUT2D eigenvalue weighted by Crippen LogP contribution is -2.11. The number of rotatable bonds is 43. The van der Waals surface area contributed by atoms with Crippen LogP contribution in [-0.4, -0.2) is 26.3 Å². The largest absolute Gasteiger partial charge is 0.490 e. The molecule has 4 heteroatoms. The summed E-state index contributed by atoms with van der Waals surface area (Å²) >= 11 is 0. The third kappa shape index (κ3) is 42.0. The van der Waals surface area contributed by atoms with Crippen LogP contribution in [-0.2, 0) is 19.1 Å². The summed E-state index contributed by atoms with van der Waals surface area (Å²) in [6.07, 6.45) is 61.5. The van der Waals surface area contributed by atoms with Crippen molar-refractivity contribution in [2.45, 2.75) is 264 Å². The first kappa shape index (κ1) is 73.0. The standard InChI is InChI=1S/C74H116O4/c1-58(2)31-18-32-59(3)33-19-34-60(4)35-20-36-61(5)37-21-38-62(6)39-22-40-63(7)41-23-42-64(8)43-24-44-65(9)45-25-46-66(10)47-26-48-67(11)49-27-50-68(12)51-28-52-69(13)53-29-54-70(14)55-30-56-71(15)73(76)74(78-17)72(57-75)77-16/h31,33,35,37,39,41,43,45,47,49,51,53,55-57H,18-30,32,34,36,38,40,42,44,46,48,50,52,54H2,1-17H3/b59-33+,60-35+,61-37+,62-39+,63-41+,64-43+,65-45+,66-47+,67-49+,68-51+,69-53+,70-55+,71-56+,74-72-. The average molecular weight is 1070 g/mol. The maximum atomic E-state index is 12.6. The summed E-state index contributed by atoms with van der Waals surface area (Å²) in [4.78, 5) is 23.8. The maximum Gasteiger partial charge on any atom is 0.226 e. The average Bonchev–Trinajstić information content (AvgIpc) is 3.37. The number of aldehydes is 1. The summed E-state index contributed by atoms with van der Waals surface area (Å²) < 4.78 is 10.1. The third-order valence-corrected chi connectivity index (χ3v) is 14.6. The fourth-order valence-corrected chi connectivity index (χ4v) is 9.03. The van der Waals surface area contributed by atoms with Gasteiger partial charge in [-0.05, 0) is 270 Å². The molecule has 0 radical (unpaired) electrons. The first-order chi connectivity index (χ1) is 37.2. The Kier molecular flexibility index (Phi) is 43.9. The Labute approximate surface area is 482 Å². The first-order valence-electron chi connectivity index (χ1n) is 30.2. The lowest BCUT2D eigenvalue weighted by molar-refractivity contribution is -0.116. The van der Waals surface area contributed by atoms with Gasteiger partial charge in [-0.1, -0.05) is 158 Å². The van der Waals surface area contributed by atoms with Gasteiger partial charge in [-0.2, -0.15) is 0 Å². The highest BCUT2D eigenvalue weighted by molar-refractivity contribution is 6.08. The van der Waals surface area contributed by atoms with Crippen LogP contribution < -0.4 is 0 Å². The van der Waals surface area contributed by atoms with Crippen molar-refractivity contribution in [1.82, 2.24) is 0 Å². The van der Waals surface area contributed by atoms with Crippen LogP contribution in [0.5, 0.6) is 0 Å². The van der Waals surface area contributed by atoms with Crippen molar-refractivity contribution in [2.24, 2.45) is 0 Å². The Morgan fingerprint density at radius 2 is 0.487 bits per heavy atom. The zero-order valence-corrected chi connectivity index (χ0v) is 53.5. The van der Waals surface area contributed by atoms with Crippen LogP contribution in [0.4, 0.5) is 0 Å². The lowest BCUT2D eigenvalue weighted by Gasteiger charge is -2.08. The van der Waals surface area contributed by atoms with Gasteiger partial charge in [-0.3, -0.25) is 9.59 Å². The molecule has 0 heterocycles. The SMILES string of the molecule is CO/C(C=O)=C(\OC)C(=O)/C(C)=C/C/C=C(\C)CC/C=C(\C)CC/C=C(\C)CC/C=C(\C)CC/C=C(\C)CC/C=C(\C)CC/C=C(\C)CC/C=C(\C)CC/C=C(\C)CC/C=C(\C)CC/C=C(\C)CC/C=C(\C)CCC=C(C)C. The predicted molar refractivity (Wildman–Crippen MR) is 346 cm³/mol. The number of carbonyl (C=O) groups excluding carboxylic acids is 2. The van der Waals surface area contributed by atoms with E-state index in [1.54, 1.807) is 6.92 Å². The monoisotopic (exact) mass is 1070 g/mol. The molecule has 0 N–H and O–H groups in total. The Bertz CT molecular complexity index is 2250. The molecular weight excluding hydrogens is 953 g/mol. The molecule has 0 saturated carbocycles. The van der Waals surface area contributed by atoms with Crippen LogP contribution >= 0.6 is 0 Å². The number of methoxy groups -OCH3 is 2. The Morgan fingerprint density at radius 3 is 0.667 bits per heavy atom. The number of hydrogen-bond donors (Lipinski definition) is 0. The van der Waals surface area contributed by atoms with Gasteiger partial charge in [0.15, 0.2) is 6.29 Å². The Hall–Kier alpha value is -4.96. The van der Waals surface area contributed by atoms with Crippen molar-refractivity contribution in [3.05, 3.63) is 175 Å². The molecule has 0 bridgehead atoms. The van der Waals surface area contributed by atoms with Gasteiger partial charge < -0.3 is 9.47 Å². The number of ether oxygens (including phenoxy) is 2. The van der Waals surface area contributed by atoms with Crippen LogP contribution in [0.2, 0.25) is 0 Å². The van der Waals surface area contributed by atoms with Crippen LogP contribution in [0.1, 0.15) is 264 Å². The molecule has 0 aliphatic rings. The molecule has 436 valence electrons. The second-order valence-electron chi connectivity index (χ2n) is 23.0. The fraction of sp³-hybridized carbons (Fsp3) is 0.568. The van der Waals surface area contributed by atoms with E-state index in [0.29, 0.717) is 18.3 Å². The Balaban J connectivity index is 4.40. The van der Waals surface area contributed by atoms with Gasteiger partial charge in [-0.25, -0.2) is 0 Å². The van der Waals surface area contributed by atoms with Crippen molar-refractivity contribution in [1.29, 1.82) is 0 Å². The highest BCUT2D eigenvalue weighted by Gasteiger charge is 2.18. The summed E-state index contributed by atoms with van der Waals surface area (Å²) in [5.74, 6) is -0.512. The molecule has 0 spiro atoms. The van der Waals surface area contributed by atoms with E-state index in [9.17, 15) is 9.59 Å². The normalized spacial score (nSPS) is 15.0. The number of Topliss-reactive ketones (excluding diaryl/α,β-unsaturated/α-hetero) is 1. The van der Waals surface area contributed by atoms with E-state index in [-0.39, 0.29) is 17.3 Å². The second kappa shape index (κ2) is 46.9. The van der Waals surface area contributed by atoms with E-state index in [4.69, 9.17) is 9.47 Å². The molecule has 0 unspecified atom stereocenters. The summed E-state index contributed by atoms with van der Waals surface area (Å²) in [5, 5.41) is 0. The molecule has 0 saturated heterocycles. The number of carbonyl (C=O) groups is 2. The molecule has 0 aromatic heterocycles. The van der Waals surface area contributed by atoms with Gasteiger partial charge in [0, 0.05) is 0 Å². The highest BCUT2D eigenvalue weighted by Crippen LogP contribution is 2.21. The van der Waals surface area contributed by atoms with Crippen molar-refractivity contribution in [3.8, 4) is 0 Å². The van der Waals surface area contributed by atoms with Crippen LogP contribution in [0.25, 0.3) is 0 Å². The topological polar surface area (TPSA) is 52.6 Å². The minimum atomic E-state index is -0.342. The van der Waals surface area contributed by atoms with Gasteiger partial charge >= 0.3 is 0 Å². The summed E-state index contributed by atoms with van der Waals surface area (Å²) in [7, 11) is 2.71. The van der Waals surface area contributed by atoms with Crippen LogP contribution in [0.15, 0.2) is 175 Å². The van der Waals surface area contributed by atoms with Crippen molar-refractivity contribution in [2.75, 3.05) is 14.2 Å².